The SMILES string of the molecule is C#Cc1cccc(NC(=O)CN(C)C(=O)C(c2ccccc2)N2CCCCC2=O)c1. The molecule has 0 saturated carbocycles. The summed E-state index contributed by atoms with van der Waals surface area (Å²) in [4.78, 5) is 41.3. The number of likely N-dealkylation sites (tertiary alicyclic amines) is 1. The van der Waals surface area contributed by atoms with Crippen molar-refractivity contribution in [2.24, 2.45) is 0 Å². The number of nitrogens with one attached hydrogen (secondary N) is 1. The van der Waals surface area contributed by atoms with Crippen LogP contribution in [0.15, 0.2) is 54.6 Å². The molecule has 1 aliphatic heterocycles. The summed E-state index contributed by atoms with van der Waals surface area (Å²) in [7, 11) is 1.57. The van der Waals surface area contributed by atoms with Crippen molar-refractivity contribution in [2.45, 2.75) is 25.3 Å². The van der Waals surface area contributed by atoms with Crippen LogP contribution < -0.4 is 5.32 Å². The minimum absolute atomic E-state index is 0.0348. The van der Waals surface area contributed by atoms with Gasteiger partial charge in [0.05, 0.1) is 6.54 Å². The van der Waals surface area contributed by atoms with E-state index in [4.69, 9.17) is 6.42 Å². The van der Waals surface area contributed by atoms with Crippen molar-refractivity contribution in [3.8, 4) is 12.3 Å². The fourth-order valence-electron chi connectivity index (χ4n) is 3.58. The second kappa shape index (κ2) is 9.75. The molecule has 1 fully saturated rings. The lowest BCUT2D eigenvalue weighted by Crippen LogP contribution is -2.47. The zero-order valence-corrected chi connectivity index (χ0v) is 17.0. The summed E-state index contributed by atoms with van der Waals surface area (Å²) in [6.45, 7) is 0.396. The molecule has 3 rings (SSSR count). The van der Waals surface area contributed by atoms with Crippen LogP contribution in [-0.2, 0) is 14.4 Å². The molecule has 3 amide bonds. The number of benzene rings is 2. The second-order valence-corrected chi connectivity index (χ2v) is 7.33. The van der Waals surface area contributed by atoms with Gasteiger partial charge in [-0.1, -0.05) is 42.3 Å². The largest absolute Gasteiger partial charge is 0.334 e. The Morgan fingerprint density at radius 3 is 2.63 bits per heavy atom. The zero-order chi connectivity index (χ0) is 21.5. The van der Waals surface area contributed by atoms with Crippen molar-refractivity contribution in [3.63, 3.8) is 0 Å². The van der Waals surface area contributed by atoms with E-state index in [1.54, 1.807) is 36.2 Å². The van der Waals surface area contributed by atoms with Gasteiger partial charge in [-0.3, -0.25) is 14.4 Å². The zero-order valence-electron chi connectivity index (χ0n) is 17.0. The molecule has 2 aromatic rings. The van der Waals surface area contributed by atoms with Crippen LogP contribution in [0.2, 0.25) is 0 Å². The van der Waals surface area contributed by atoms with Crippen molar-refractivity contribution < 1.29 is 14.4 Å². The molecule has 1 heterocycles. The Labute approximate surface area is 176 Å². The van der Waals surface area contributed by atoms with Crippen molar-refractivity contribution in [3.05, 3.63) is 65.7 Å². The normalized spacial score (nSPS) is 14.5. The summed E-state index contributed by atoms with van der Waals surface area (Å²) in [5.74, 6) is 1.86. The third-order valence-electron chi connectivity index (χ3n) is 5.09. The Bertz CT molecular complexity index is 965. The van der Waals surface area contributed by atoms with Crippen molar-refractivity contribution in [1.29, 1.82) is 0 Å². The van der Waals surface area contributed by atoms with Gasteiger partial charge in [-0.05, 0) is 36.6 Å². The molecule has 1 aliphatic rings. The van der Waals surface area contributed by atoms with E-state index in [2.05, 4.69) is 11.2 Å². The van der Waals surface area contributed by atoms with E-state index in [1.807, 2.05) is 30.3 Å². The fourth-order valence-corrected chi connectivity index (χ4v) is 3.58. The van der Waals surface area contributed by atoms with Crippen molar-refractivity contribution >= 4 is 23.4 Å². The summed E-state index contributed by atoms with van der Waals surface area (Å²) in [6, 6.07) is 15.4. The van der Waals surface area contributed by atoms with Crippen LogP contribution in [0.25, 0.3) is 0 Å². The first-order valence-electron chi connectivity index (χ1n) is 9.95. The number of carbonyl (C=O) groups excluding carboxylic acids is 3. The highest BCUT2D eigenvalue weighted by molar-refractivity contribution is 5.96. The molecule has 30 heavy (non-hydrogen) atoms. The summed E-state index contributed by atoms with van der Waals surface area (Å²) in [6.07, 6.45) is 7.52. The number of carbonyl (C=O) groups is 3. The Kier molecular flexibility index (Phi) is 6.87. The molecule has 6 nitrogen and oxygen atoms in total. The molecule has 0 aliphatic carbocycles. The topological polar surface area (TPSA) is 69.7 Å². The summed E-state index contributed by atoms with van der Waals surface area (Å²) in [5.41, 5.74) is 1.97. The third-order valence-corrected chi connectivity index (χ3v) is 5.09. The Morgan fingerprint density at radius 1 is 1.17 bits per heavy atom. The minimum atomic E-state index is -0.735. The first-order chi connectivity index (χ1) is 14.5. The second-order valence-electron chi connectivity index (χ2n) is 7.33. The van der Waals surface area contributed by atoms with Crippen LogP contribution in [0, 0.1) is 12.3 Å². The lowest BCUT2D eigenvalue weighted by molar-refractivity contribution is -0.147. The smallest absolute Gasteiger partial charge is 0.250 e. The van der Waals surface area contributed by atoms with Gasteiger partial charge in [-0.2, -0.15) is 0 Å². The highest BCUT2D eigenvalue weighted by Gasteiger charge is 2.34. The molecule has 1 N–H and O–H groups in total. The lowest BCUT2D eigenvalue weighted by atomic mass is 10.00. The van der Waals surface area contributed by atoms with Gasteiger partial charge >= 0.3 is 0 Å². The van der Waals surface area contributed by atoms with Gasteiger partial charge in [-0.25, -0.2) is 0 Å². The average molecular weight is 403 g/mol. The number of anilines is 1. The average Bonchev–Trinajstić information content (AvgIpc) is 2.76. The molecule has 0 radical (unpaired) electrons. The lowest BCUT2D eigenvalue weighted by Gasteiger charge is -2.36. The van der Waals surface area contributed by atoms with Gasteiger partial charge in [0.15, 0.2) is 0 Å². The molecular weight excluding hydrogens is 378 g/mol. The number of hydrogen-bond acceptors (Lipinski definition) is 3. The predicted octanol–water partition coefficient (Wildman–Crippen LogP) is 2.82. The summed E-state index contributed by atoms with van der Waals surface area (Å²) >= 11 is 0. The van der Waals surface area contributed by atoms with Crippen molar-refractivity contribution in [2.75, 3.05) is 25.5 Å². The summed E-state index contributed by atoms with van der Waals surface area (Å²) in [5, 5.41) is 2.76. The number of rotatable bonds is 6. The molecule has 6 heteroatoms. The van der Waals surface area contributed by atoms with E-state index in [0.29, 0.717) is 24.2 Å². The fraction of sp³-hybridized carbons (Fsp3) is 0.292. The number of amides is 3. The molecule has 2 aromatic carbocycles. The number of piperidine rings is 1. The van der Waals surface area contributed by atoms with E-state index in [9.17, 15) is 14.4 Å². The van der Waals surface area contributed by atoms with E-state index >= 15 is 0 Å². The maximum Gasteiger partial charge on any atom is 0.250 e. The maximum atomic E-state index is 13.3. The van der Waals surface area contributed by atoms with Gasteiger partial charge in [0.1, 0.15) is 6.04 Å². The monoisotopic (exact) mass is 403 g/mol. The van der Waals surface area contributed by atoms with Gasteiger partial charge in [0.25, 0.3) is 0 Å². The molecule has 0 bridgehead atoms. The maximum absolute atomic E-state index is 13.3. The van der Waals surface area contributed by atoms with Gasteiger partial charge in [0.2, 0.25) is 17.7 Å². The van der Waals surface area contributed by atoms with Crippen molar-refractivity contribution in [1.82, 2.24) is 9.80 Å². The van der Waals surface area contributed by atoms with Gasteiger partial charge in [0, 0.05) is 31.3 Å². The molecule has 0 aromatic heterocycles. The molecule has 1 unspecified atom stereocenters. The Hall–Kier alpha value is -3.59. The van der Waals surface area contributed by atoms with Crippen LogP contribution in [-0.4, -0.2) is 47.7 Å². The standard InChI is InChI=1S/C24H25N3O3/c1-3-18-10-9-13-20(16-18)25-21(28)17-26(2)24(30)23(19-11-5-4-6-12-19)27-15-8-7-14-22(27)29/h1,4-6,9-13,16,23H,7-8,14-15,17H2,2H3,(H,25,28). The van der Waals surface area contributed by atoms with Crippen LogP contribution >= 0.6 is 0 Å². The highest BCUT2D eigenvalue weighted by Crippen LogP contribution is 2.27. The molecule has 1 atom stereocenters. The number of nitrogens with zero attached hydrogens (tertiary/aromatic N) is 2. The van der Waals surface area contributed by atoms with E-state index in [1.165, 1.54) is 4.90 Å². The Balaban J connectivity index is 1.74. The summed E-state index contributed by atoms with van der Waals surface area (Å²) < 4.78 is 0. The van der Waals surface area contributed by atoms with E-state index < -0.39 is 6.04 Å². The number of hydrogen-bond donors (Lipinski definition) is 1. The first kappa shape index (κ1) is 21.1. The molecule has 0 spiro atoms. The molecular formula is C24H25N3O3. The first-order valence-corrected chi connectivity index (χ1v) is 9.95. The van der Waals surface area contributed by atoms with Gasteiger partial charge in [-0.15, -0.1) is 6.42 Å². The van der Waals surface area contributed by atoms with Crippen LogP contribution in [0.1, 0.15) is 36.4 Å². The molecule has 1 saturated heterocycles. The number of terminal acetylenes is 1. The predicted molar refractivity (Wildman–Crippen MR) is 115 cm³/mol. The highest BCUT2D eigenvalue weighted by atomic mass is 16.2. The van der Waals surface area contributed by atoms with Crippen LogP contribution in [0.5, 0.6) is 0 Å². The third kappa shape index (κ3) is 5.06. The van der Waals surface area contributed by atoms with E-state index in [0.717, 1.165) is 18.4 Å². The Morgan fingerprint density at radius 2 is 1.93 bits per heavy atom. The van der Waals surface area contributed by atoms with E-state index in [-0.39, 0.29) is 24.3 Å². The van der Waals surface area contributed by atoms with Crippen LogP contribution in [0.3, 0.4) is 0 Å². The molecule has 154 valence electrons. The van der Waals surface area contributed by atoms with Crippen LogP contribution in [0.4, 0.5) is 5.69 Å². The quantitative estimate of drug-likeness (QED) is 0.754. The van der Waals surface area contributed by atoms with Gasteiger partial charge < -0.3 is 15.1 Å². The number of likely N-dealkylation sites (N-methyl/N-ethyl adjacent to an activating group) is 1. The minimum Gasteiger partial charge on any atom is -0.334 e.